The van der Waals surface area contributed by atoms with Crippen LogP contribution in [0.4, 0.5) is 5.69 Å². The number of thiazole rings is 1. The Morgan fingerprint density at radius 3 is 2.61 bits per heavy atom. The third-order valence-corrected chi connectivity index (χ3v) is 5.79. The van der Waals surface area contributed by atoms with E-state index in [4.69, 9.17) is 0 Å². The molecule has 0 saturated carbocycles. The van der Waals surface area contributed by atoms with Gasteiger partial charge in [-0.1, -0.05) is 30.3 Å². The zero-order chi connectivity index (χ0) is 15.9. The first kappa shape index (κ1) is 14.2. The van der Waals surface area contributed by atoms with Gasteiger partial charge in [-0.05, 0) is 41.1 Å². The molecule has 23 heavy (non-hydrogen) atoms. The van der Waals surface area contributed by atoms with E-state index in [1.54, 1.807) is 29.8 Å². The maximum Gasteiger partial charge on any atom is 0.261 e. The summed E-state index contributed by atoms with van der Waals surface area (Å²) in [6.45, 7) is 0. The van der Waals surface area contributed by atoms with Gasteiger partial charge in [0.2, 0.25) is 0 Å². The number of aromatic nitrogens is 1. The van der Waals surface area contributed by atoms with Crippen molar-refractivity contribution in [2.45, 2.75) is 4.90 Å². The Balaban J connectivity index is 1.73. The van der Waals surface area contributed by atoms with Crippen LogP contribution >= 0.6 is 11.3 Å². The zero-order valence-electron chi connectivity index (χ0n) is 11.9. The Morgan fingerprint density at radius 1 is 0.913 bits per heavy atom. The summed E-state index contributed by atoms with van der Waals surface area (Å²) >= 11 is 1.48. The topological polar surface area (TPSA) is 59.1 Å². The van der Waals surface area contributed by atoms with Gasteiger partial charge in [-0.15, -0.1) is 11.3 Å². The normalized spacial score (nSPS) is 11.8. The van der Waals surface area contributed by atoms with Gasteiger partial charge >= 0.3 is 0 Å². The van der Waals surface area contributed by atoms with Crippen LogP contribution in [0.2, 0.25) is 0 Å². The molecule has 1 aromatic heterocycles. The number of rotatable bonds is 3. The van der Waals surface area contributed by atoms with Gasteiger partial charge < -0.3 is 0 Å². The highest BCUT2D eigenvalue weighted by molar-refractivity contribution is 7.92. The van der Waals surface area contributed by atoms with Crippen LogP contribution in [0.5, 0.6) is 0 Å². The molecule has 0 spiro atoms. The van der Waals surface area contributed by atoms with E-state index in [2.05, 4.69) is 9.71 Å². The fourth-order valence-corrected chi connectivity index (χ4v) is 4.27. The number of hydrogen-bond acceptors (Lipinski definition) is 4. The maximum absolute atomic E-state index is 12.6. The maximum atomic E-state index is 12.6. The fraction of sp³-hybridized carbons (Fsp3) is 0. The van der Waals surface area contributed by atoms with Crippen molar-refractivity contribution in [2.75, 3.05) is 4.72 Å². The first-order chi connectivity index (χ1) is 11.1. The smallest absolute Gasteiger partial charge is 0.261 e. The molecule has 3 aromatic carbocycles. The van der Waals surface area contributed by atoms with Crippen molar-refractivity contribution in [1.82, 2.24) is 4.98 Å². The Kier molecular flexibility index (Phi) is 3.28. The van der Waals surface area contributed by atoms with E-state index in [-0.39, 0.29) is 4.90 Å². The van der Waals surface area contributed by atoms with Crippen LogP contribution in [-0.4, -0.2) is 13.4 Å². The Morgan fingerprint density at radius 2 is 1.74 bits per heavy atom. The summed E-state index contributed by atoms with van der Waals surface area (Å²) in [5.41, 5.74) is 3.14. The minimum Gasteiger partial charge on any atom is -0.280 e. The Hall–Kier alpha value is -2.44. The molecule has 0 radical (unpaired) electrons. The summed E-state index contributed by atoms with van der Waals surface area (Å²) in [5.74, 6) is 0. The number of fused-ring (bicyclic) bond motifs is 2. The number of nitrogens with zero attached hydrogens (tertiary/aromatic N) is 1. The van der Waals surface area contributed by atoms with Crippen LogP contribution in [-0.2, 0) is 10.0 Å². The highest BCUT2D eigenvalue weighted by atomic mass is 32.2. The molecule has 0 fully saturated rings. The van der Waals surface area contributed by atoms with E-state index in [1.165, 1.54) is 11.3 Å². The second-order valence-electron chi connectivity index (χ2n) is 5.15. The van der Waals surface area contributed by atoms with Gasteiger partial charge in [0.15, 0.2) is 0 Å². The van der Waals surface area contributed by atoms with Crippen molar-refractivity contribution in [2.24, 2.45) is 0 Å². The summed E-state index contributed by atoms with van der Waals surface area (Å²) < 4.78 is 28.8. The first-order valence-electron chi connectivity index (χ1n) is 6.97. The molecule has 0 amide bonds. The third kappa shape index (κ3) is 2.67. The molecule has 4 aromatic rings. The molecule has 4 nitrogen and oxygen atoms in total. The lowest BCUT2D eigenvalue weighted by Gasteiger charge is -2.09. The van der Waals surface area contributed by atoms with E-state index in [0.29, 0.717) is 5.69 Å². The number of sulfonamides is 1. The van der Waals surface area contributed by atoms with E-state index < -0.39 is 10.0 Å². The van der Waals surface area contributed by atoms with Crippen molar-refractivity contribution in [3.63, 3.8) is 0 Å². The highest BCUT2D eigenvalue weighted by Crippen LogP contribution is 2.25. The molecule has 114 valence electrons. The van der Waals surface area contributed by atoms with E-state index in [0.717, 1.165) is 21.0 Å². The van der Waals surface area contributed by atoms with Crippen molar-refractivity contribution < 1.29 is 8.42 Å². The van der Waals surface area contributed by atoms with Crippen LogP contribution in [0.3, 0.4) is 0 Å². The molecule has 6 heteroatoms. The third-order valence-electron chi connectivity index (χ3n) is 3.61. The van der Waals surface area contributed by atoms with Crippen molar-refractivity contribution >= 4 is 48.0 Å². The molecule has 0 saturated heterocycles. The minimum absolute atomic E-state index is 0.251. The lowest BCUT2D eigenvalue weighted by atomic mass is 10.1. The SMILES string of the molecule is O=S(=O)(Nc1ccc2ncsc2c1)c1ccc2ccccc2c1. The first-order valence-corrected chi connectivity index (χ1v) is 9.33. The standard InChI is InChI=1S/C17H12N2O2S2/c20-23(21,15-7-5-12-3-1-2-4-13(12)9-15)19-14-6-8-16-17(10-14)22-11-18-16/h1-11,19H. The summed E-state index contributed by atoms with van der Waals surface area (Å²) in [5, 5.41) is 1.91. The summed E-state index contributed by atoms with van der Waals surface area (Å²) in [6, 6.07) is 18.1. The van der Waals surface area contributed by atoms with Gasteiger partial charge in [0.1, 0.15) is 0 Å². The zero-order valence-corrected chi connectivity index (χ0v) is 13.6. The van der Waals surface area contributed by atoms with Crippen LogP contribution in [0, 0.1) is 0 Å². The Labute approximate surface area is 137 Å². The summed E-state index contributed by atoms with van der Waals surface area (Å²) in [7, 11) is -3.62. The highest BCUT2D eigenvalue weighted by Gasteiger charge is 2.15. The molecular formula is C17H12N2O2S2. The molecule has 0 aliphatic rings. The monoisotopic (exact) mass is 340 g/mol. The van der Waals surface area contributed by atoms with Crippen molar-refractivity contribution in [3.05, 3.63) is 66.2 Å². The lowest BCUT2D eigenvalue weighted by Crippen LogP contribution is -2.12. The van der Waals surface area contributed by atoms with Gasteiger partial charge in [-0.25, -0.2) is 13.4 Å². The average Bonchev–Trinajstić information content (AvgIpc) is 3.01. The van der Waals surface area contributed by atoms with Crippen LogP contribution in [0.15, 0.2) is 71.1 Å². The number of anilines is 1. The molecule has 4 rings (SSSR count). The predicted octanol–water partition coefficient (Wildman–Crippen LogP) is 4.25. The van der Waals surface area contributed by atoms with Gasteiger partial charge in [0.25, 0.3) is 10.0 Å². The predicted molar refractivity (Wildman–Crippen MR) is 94.4 cm³/mol. The number of nitrogens with one attached hydrogen (secondary N) is 1. The second kappa shape index (κ2) is 5.33. The number of benzene rings is 3. The Bertz CT molecular complexity index is 1120. The molecular weight excluding hydrogens is 328 g/mol. The second-order valence-corrected chi connectivity index (χ2v) is 7.72. The molecule has 0 unspecified atom stereocenters. The quantitative estimate of drug-likeness (QED) is 0.606. The summed E-state index contributed by atoms with van der Waals surface area (Å²) in [6.07, 6.45) is 0. The fourth-order valence-electron chi connectivity index (χ4n) is 2.47. The molecule has 0 aliphatic carbocycles. The number of hydrogen-bond donors (Lipinski definition) is 1. The molecule has 1 heterocycles. The largest absolute Gasteiger partial charge is 0.280 e. The molecule has 1 N–H and O–H groups in total. The van der Waals surface area contributed by atoms with Crippen molar-refractivity contribution in [3.8, 4) is 0 Å². The van der Waals surface area contributed by atoms with E-state index >= 15 is 0 Å². The van der Waals surface area contributed by atoms with Gasteiger partial charge in [-0.2, -0.15) is 0 Å². The van der Waals surface area contributed by atoms with Crippen LogP contribution in [0.1, 0.15) is 0 Å². The van der Waals surface area contributed by atoms with Gasteiger partial charge in [-0.3, -0.25) is 4.72 Å². The molecule has 0 bridgehead atoms. The van der Waals surface area contributed by atoms with Gasteiger partial charge in [0, 0.05) is 0 Å². The molecule has 0 atom stereocenters. The summed E-state index contributed by atoms with van der Waals surface area (Å²) in [4.78, 5) is 4.44. The average molecular weight is 340 g/mol. The minimum atomic E-state index is -3.62. The van der Waals surface area contributed by atoms with Gasteiger partial charge in [0.05, 0.1) is 26.3 Å². The van der Waals surface area contributed by atoms with Crippen LogP contribution in [0.25, 0.3) is 21.0 Å². The lowest BCUT2D eigenvalue weighted by molar-refractivity contribution is 0.601. The van der Waals surface area contributed by atoms with Crippen LogP contribution < -0.4 is 4.72 Å². The van der Waals surface area contributed by atoms with Crippen molar-refractivity contribution in [1.29, 1.82) is 0 Å². The van der Waals surface area contributed by atoms with E-state index in [1.807, 2.05) is 36.4 Å². The van der Waals surface area contributed by atoms with E-state index in [9.17, 15) is 8.42 Å². The molecule has 0 aliphatic heterocycles.